The minimum atomic E-state index is -0.150. The van der Waals surface area contributed by atoms with Gasteiger partial charge in [-0.05, 0) is 30.2 Å². The first kappa shape index (κ1) is 13.8. The second-order valence-electron chi connectivity index (χ2n) is 4.88. The van der Waals surface area contributed by atoms with Crippen LogP contribution in [0.4, 0.5) is 4.39 Å². The molecule has 1 aromatic carbocycles. The Balaban J connectivity index is 1.87. The third kappa shape index (κ3) is 3.67. The van der Waals surface area contributed by atoms with Crippen LogP contribution in [0.25, 0.3) is 0 Å². The Morgan fingerprint density at radius 3 is 2.44 bits per heavy atom. The van der Waals surface area contributed by atoms with E-state index in [-0.39, 0.29) is 5.82 Å². The average Bonchev–Trinajstić information content (AvgIpc) is 2.35. The fraction of sp³-hybridized carbons (Fsp3) is 0.571. The van der Waals surface area contributed by atoms with E-state index in [1.165, 1.54) is 5.56 Å². The Hall–Kier alpha value is -0.640. The molecule has 1 heterocycles. The highest BCUT2D eigenvalue weighted by atomic mass is 35.5. The number of piperazine rings is 1. The van der Waals surface area contributed by atoms with E-state index in [9.17, 15) is 4.39 Å². The monoisotopic (exact) mass is 270 g/mol. The van der Waals surface area contributed by atoms with E-state index in [0.29, 0.717) is 5.88 Å². The molecular formula is C14H20ClFN2. The van der Waals surface area contributed by atoms with Crippen LogP contribution in [-0.4, -0.2) is 48.4 Å². The first-order chi connectivity index (χ1) is 8.69. The summed E-state index contributed by atoms with van der Waals surface area (Å²) >= 11 is 5.75. The highest BCUT2D eigenvalue weighted by Crippen LogP contribution is 2.14. The van der Waals surface area contributed by atoms with Crippen molar-refractivity contribution in [2.24, 2.45) is 0 Å². The van der Waals surface area contributed by atoms with Crippen LogP contribution in [0.15, 0.2) is 18.2 Å². The van der Waals surface area contributed by atoms with Crippen molar-refractivity contribution in [2.75, 3.05) is 38.6 Å². The standard InChI is InChI=1S/C14H20ClFN2/c1-12-10-14(16)3-2-13(12)11-18-8-6-17(5-4-15)7-9-18/h2-3,10H,4-9,11H2,1H3. The van der Waals surface area contributed by atoms with E-state index in [1.54, 1.807) is 12.1 Å². The Kier molecular flexibility index (Phi) is 4.98. The first-order valence-corrected chi connectivity index (χ1v) is 6.98. The molecule has 0 aromatic heterocycles. The zero-order valence-corrected chi connectivity index (χ0v) is 11.6. The topological polar surface area (TPSA) is 6.48 Å². The van der Waals surface area contributed by atoms with Crippen LogP contribution in [0.2, 0.25) is 0 Å². The number of nitrogens with zero attached hydrogens (tertiary/aromatic N) is 2. The molecular weight excluding hydrogens is 251 g/mol. The lowest BCUT2D eigenvalue weighted by atomic mass is 10.1. The van der Waals surface area contributed by atoms with Gasteiger partial charge < -0.3 is 0 Å². The van der Waals surface area contributed by atoms with E-state index < -0.39 is 0 Å². The molecule has 1 saturated heterocycles. The second-order valence-corrected chi connectivity index (χ2v) is 5.26. The molecule has 1 aromatic rings. The molecule has 0 saturated carbocycles. The van der Waals surface area contributed by atoms with Gasteiger partial charge in [0.05, 0.1) is 0 Å². The summed E-state index contributed by atoms with van der Waals surface area (Å²) in [5, 5.41) is 0. The average molecular weight is 271 g/mol. The van der Waals surface area contributed by atoms with Crippen molar-refractivity contribution in [3.05, 3.63) is 35.1 Å². The van der Waals surface area contributed by atoms with Gasteiger partial charge >= 0.3 is 0 Å². The quantitative estimate of drug-likeness (QED) is 0.776. The zero-order chi connectivity index (χ0) is 13.0. The lowest BCUT2D eigenvalue weighted by molar-refractivity contribution is 0.132. The van der Waals surface area contributed by atoms with Gasteiger partial charge in [-0.3, -0.25) is 9.80 Å². The highest BCUT2D eigenvalue weighted by molar-refractivity contribution is 6.18. The number of hydrogen-bond acceptors (Lipinski definition) is 2. The lowest BCUT2D eigenvalue weighted by Crippen LogP contribution is -2.46. The normalized spacial score (nSPS) is 18.2. The largest absolute Gasteiger partial charge is 0.300 e. The number of halogens is 2. The van der Waals surface area contributed by atoms with Crippen molar-refractivity contribution < 1.29 is 4.39 Å². The predicted molar refractivity (Wildman–Crippen MR) is 73.6 cm³/mol. The molecule has 1 fully saturated rings. The Morgan fingerprint density at radius 1 is 1.17 bits per heavy atom. The maximum absolute atomic E-state index is 13.0. The number of hydrogen-bond donors (Lipinski definition) is 0. The molecule has 100 valence electrons. The molecule has 0 amide bonds. The molecule has 1 aliphatic rings. The van der Waals surface area contributed by atoms with Crippen LogP contribution in [0, 0.1) is 12.7 Å². The molecule has 2 rings (SSSR count). The van der Waals surface area contributed by atoms with Crippen LogP contribution >= 0.6 is 11.6 Å². The molecule has 0 bridgehead atoms. The van der Waals surface area contributed by atoms with Gasteiger partial charge in [0.25, 0.3) is 0 Å². The van der Waals surface area contributed by atoms with Crippen molar-refractivity contribution in [3.63, 3.8) is 0 Å². The van der Waals surface area contributed by atoms with Crippen LogP contribution in [0.1, 0.15) is 11.1 Å². The van der Waals surface area contributed by atoms with Gasteiger partial charge in [-0.15, -0.1) is 11.6 Å². The molecule has 0 N–H and O–H groups in total. The van der Waals surface area contributed by atoms with Crippen LogP contribution in [-0.2, 0) is 6.54 Å². The van der Waals surface area contributed by atoms with Crippen molar-refractivity contribution in [1.82, 2.24) is 9.80 Å². The van der Waals surface area contributed by atoms with E-state index in [1.807, 2.05) is 13.0 Å². The fourth-order valence-corrected chi connectivity index (χ4v) is 2.61. The first-order valence-electron chi connectivity index (χ1n) is 6.45. The van der Waals surface area contributed by atoms with Crippen LogP contribution in [0.5, 0.6) is 0 Å². The zero-order valence-electron chi connectivity index (χ0n) is 10.8. The molecule has 0 aliphatic carbocycles. The Morgan fingerprint density at radius 2 is 1.83 bits per heavy atom. The Labute approximate surface area is 113 Å². The van der Waals surface area contributed by atoms with E-state index in [0.717, 1.165) is 44.8 Å². The highest BCUT2D eigenvalue weighted by Gasteiger charge is 2.16. The van der Waals surface area contributed by atoms with Gasteiger partial charge in [0.2, 0.25) is 0 Å². The van der Waals surface area contributed by atoms with Gasteiger partial charge in [-0.2, -0.15) is 0 Å². The van der Waals surface area contributed by atoms with Crippen LogP contribution in [0.3, 0.4) is 0 Å². The molecule has 2 nitrogen and oxygen atoms in total. The van der Waals surface area contributed by atoms with E-state index in [4.69, 9.17) is 11.6 Å². The second kappa shape index (κ2) is 6.50. The summed E-state index contributed by atoms with van der Waals surface area (Å²) in [6.07, 6.45) is 0. The van der Waals surface area contributed by atoms with Crippen molar-refractivity contribution >= 4 is 11.6 Å². The third-order valence-electron chi connectivity index (χ3n) is 3.56. The Bertz CT molecular complexity index is 389. The van der Waals surface area contributed by atoms with Gasteiger partial charge in [0.15, 0.2) is 0 Å². The van der Waals surface area contributed by atoms with Crippen molar-refractivity contribution in [2.45, 2.75) is 13.5 Å². The fourth-order valence-electron chi connectivity index (χ4n) is 2.37. The maximum Gasteiger partial charge on any atom is 0.123 e. The summed E-state index contributed by atoms with van der Waals surface area (Å²) < 4.78 is 13.0. The lowest BCUT2D eigenvalue weighted by Gasteiger charge is -2.34. The van der Waals surface area contributed by atoms with Crippen molar-refractivity contribution in [1.29, 1.82) is 0 Å². The molecule has 0 atom stereocenters. The summed E-state index contributed by atoms with van der Waals surface area (Å²) in [6.45, 7) is 8.15. The SMILES string of the molecule is Cc1cc(F)ccc1CN1CCN(CCCl)CC1. The number of alkyl halides is 1. The minimum absolute atomic E-state index is 0.150. The predicted octanol–water partition coefficient (Wildman–Crippen LogP) is 2.49. The molecule has 4 heteroatoms. The summed E-state index contributed by atoms with van der Waals surface area (Å²) in [4.78, 5) is 4.81. The summed E-state index contributed by atoms with van der Waals surface area (Å²) in [5.74, 6) is 0.556. The summed E-state index contributed by atoms with van der Waals surface area (Å²) in [7, 11) is 0. The third-order valence-corrected chi connectivity index (χ3v) is 3.73. The molecule has 0 radical (unpaired) electrons. The molecule has 0 spiro atoms. The summed E-state index contributed by atoms with van der Waals surface area (Å²) in [6, 6.07) is 5.06. The van der Waals surface area contributed by atoms with Gasteiger partial charge in [0.1, 0.15) is 5.82 Å². The molecule has 18 heavy (non-hydrogen) atoms. The molecule has 0 unspecified atom stereocenters. The number of aryl methyl sites for hydroxylation is 1. The smallest absolute Gasteiger partial charge is 0.123 e. The van der Waals surface area contributed by atoms with Gasteiger partial charge in [0, 0.05) is 45.1 Å². The molecule has 1 aliphatic heterocycles. The van der Waals surface area contributed by atoms with Gasteiger partial charge in [-0.1, -0.05) is 6.07 Å². The maximum atomic E-state index is 13.0. The van der Waals surface area contributed by atoms with E-state index in [2.05, 4.69) is 9.80 Å². The van der Waals surface area contributed by atoms with Crippen molar-refractivity contribution in [3.8, 4) is 0 Å². The van der Waals surface area contributed by atoms with E-state index >= 15 is 0 Å². The summed E-state index contributed by atoms with van der Waals surface area (Å²) in [5.41, 5.74) is 2.26. The minimum Gasteiger partial charge on any atom is -0.300 e. The van der Waals surface area contributed by atoms with Crippen LogP contribution < -0.4 is 0 Å². The number of rotatable bonds is 4. The number of benzene rings is 1. The van der Waals surface area contributed by atoms with Gasteiger partial charge in [-0.25, -0.2) is 4.39 Å².